The van der Waals surface area contributed by atoms with Gasteiger partial charge in [-0.1, -0.05) is 58.1 Å². The van der Waals surface area contributed by atoms with Gasteiger partial charge in [0, 0.05) is 6.04 Å². The summed E-state index contributed by atoms with van der Waals surface area (Å²) < 4.78 is 5.24. The molecule has 0 aliphatic rings. The van der Waals surface area contributed by atoms with Crippen LogP contribution >= 0.6 is 0 Å². The molecule has 1 aromatic carbocycles. The summed E-state index contributed by atoms with van der Waals surface area (Å²) in [5.74, 6) is 0.936. The maximum absolute atomic E-state index is 5.24. The first kappa shape index (κ1) is 17.0. The average Bonchev–Trinajstić information content (AvgIpc) is 2.50. The van der Waals surface area contributed by atoms with Crippen molar-refractivity contribution < 1.29 is 4.74 Å². The van der Waals surface area contributed by atoms with E-state index in [0.717, 1.165) is 12.3 Å². The number of ether oxygens (including phenoxy) is 1. The molecule has 0 saturated heterocycles. The summed E-state index contributed by atoms with van der Waals surface area (Å²) in [6.07, 6.45) is 9.14. The maximum atomic E-state index is 5.24. The van der Waals surface area contributed by atoms with Crippen LogP contribution in [0.2, 0.25) is 0 Å². The van der Waals surface area contributed by atoms with Crippen LogP contribution in [0.15, 0.2) is 24.3 Å². The lowest BCUT2D eigenvalue weighted by Gasteiger charge is -2.19. The van der Waals surface area contributed by atoms with Gasteiger partial charge in [0.25, 0.3) is 0 Å². The van der Waals surface area contributed by atoms with Crippen LogP contribution in [-0.4, -0.2) is 13.7 Å². The highest BCUT2D eigenvalue weighted by Gasteiger charge is 2.10. The van der Waals surface area contributed by atoms with Crippen LogP contribution in [0.5, 0.6) is 5.75 Å². The molecule has 0 saturated carbocycles. The molecule has 2 nitrogen and oxygen atoms in total. The molecule has 0 aliphatic heterocycles. The minimum absolute atomic E-state index is 0.488. The van der Waals surface area contributed by atoms with Crippen LogP contribution in [0.3, 0.4) is 0 Å². The van der Waals surface area contributed by atoms with E-state index in [4.69, 9.17) is 4.74 Å². The van der Waals surface area contributed by atoms with E-state index < -0.39 is 0 Å². The molecule has 114 valence electrons. The standard InChI is InChI=1S/C18H31NO/c1-4-6-7-8-9-10-18(19-15-5-2)16-11-13-17(20-3)14-12-16/h11-14,18-19H,4-10,15H2,1-3H3. The first-order valence-electron chi connectivity index (χ1n) is 8.19. The van der Waals surface area contributed by atoms with Crippen molar-refractivity contribution in [1.29, 1.82) is 0 Å². The van der Waals surface area contributed by atoms with Crippen molar-refractivity contribution >= 4 is 0 Å². The largest absolute Gasteiger partial charge is 0.497 e. The van der Waals surface area contributed by atoms with E-state index in [1.807, 2.05) is 0 Å². The third-order valence-electron chi connectivity index (χ3n) is 3.76. The zero-order chi connectivity index (χ0) is 14.6. The van der Waals surface area contributed by atoms with Gasteiger partial charge in [-0.2, -0.15) is 0 Å². The van der Waals surface area contributed by atoms with Crippen LogP contribution in [0.1, 0.15) is 70.4 Å². The molecule has 2 heteroatoms. The van der Waals surface area contributed by atoms with Gasteiger partial charge in [-0.05, 0) is 37.1 Å². The van der Waals surface area contributed by atoms with Crippen molar-refractivity contribution in [3.63, 3.8) is 0 Å². The summed E-state index contributed by atoms with van der Waals surface area (Å²) in [7, 11) is 1.72. The molecule has 0 spiro atoms. The molecule has 0 fully saturated rings. The van der Waals surface area contributed by atoms with Crippen molar-refractivity contribution in [1.82, 2.24) is 5.32 Å². The lowest BCUT2D eigenvalue weighted by Crippen LogP contribution is -2.22. The van der Waals surface area contributed by atoms with Crippen LogP contribution < -0.4 is 10.1 Å². The minimum atomic E-state index is 0.488. The van der Waals surface area contributed by atoms with E-state index in [1.54, 1.807) is 7.11 Å². The second kappa shape index (κ2) is 10.7. The van der Waals surface area contributed by atoms with Gasteiger partial charge in [0.05, 0.1) is 7.11 Å². The number of rotatable bonds is 11. The Hall–Kier alpha value is -1.02. The van der Waals surface area contributed by atoms with Gasteiger partial charge in [0.15, 0.2) is 0 Å². The normalized spacial score (nSPS) is 12.3. The molecular formula is C18H31NO. The second-order valence-corrected chi connectivity index (χ2v) is 5.48. The number of methoxy groups -OCH3 is 1. The van der Waals surface area contributed by atoms with Crippen LogP contribution in [0.25, 0.3) is 0 Å². The Bertz CT molecular complexity index is 334. The van der Waals surface area contributed by atoms with E-state index in [0.29, 0.717) is 6.04 Å². The maximum Gasteiger partial charge on any atom is 0.118 e. The fourth-order valence-electron chi connectivity index (χ4n) is 2.49. The second-order valence-electron chi connectivity index (χ2n) is 5.48. The van der Waals surface area contributed by atoms with E-state index in [1.165, 1.54) is 50.5 Å². The van der Waals surface area contributed by atoms with Gasteiger partial charge < -0.3 is 10.1 Å². The molecule has 1 atom stereocenters. The lowest BCUT2D eigenvalue weighted by molar-refractivity contribution is 0.413. The molecule has 1 unspecified atom stereocenters. The van der Waals surface area contributed by atoms with Crippen molar-refractivity contribution in [2.75, 3.05) is 13.7 Å². The van der Waals surface area contributed by atoms with Crippen LogP contribution in [0.4, 0.5) is 0 Å². The summed E-state index contributed by atoms with van der Waals surface area (Å²) in [6, 6.07) is 9.00. The van der Waals surface area contributed by atoms with Crippen molar-refractivity contribution in [3.05, 3.63) is 29.8 Å². The third-order valence-corrected chi connectivity index (χ3v) is 3.76. The van der Waals surface area contributed by atoms with Crippen LogP contribution in [-0.2, 0) is 0 Å². The molecule has 20 heavy (non-hydrogen) atoms. The summed E-state index contributed by atoms with van der Waals surface area (Å²) in [4.78, 5) is 0. The Morgan fingerprint density at radius 1 is 0.950 bits per heavy atom. The molecule has 0 aromatic heterocycles. The van der Waals surface area contributed by atoms with E-state index in [9.17, 15) is 0 Å². The fourth-order valence-corrected chi connectivity index (χ4v) is 2.49. The number of hydrogen-bond donors (Lipinski definition) is 1. The molecule has 0 aliphatic carbocycles. The molecule has 1 rings (SSSR count). The molecule has 1 aromatic rings. The molecular weight excluding hydrogens is 246 g/mol. The van der Waals surface area contributed by atoms with Gasteiger partial charge in [0.1, 0.15) is 5.75 Å². The number of unbranched alkanes of at least 4 members (excludes halogenated alkanes) is 4. The highest BCUT2D eigenvalue weighted by atomic mass is 16.5. The average molecular weight is 277 g/mol. The molecule has 0 amide bonds. The first-order valence-corrected chi connectivity index (χ1v) is 8.19. The number of hydrogen-bond acceptors (Lipinski definition) is 2. The number of benzene rings is 1. The third kappa shape index (κ3) is 6.42. The molecule has 0 radical (unpaired) electrons. The Labute approximate surface area is 124 Å². The fraction of sp³-hybridized carbons (Fsp3) is 0.667. The monoisotopic (exact) mass is 277 g/mol. The van der Waals surface area contributed by atoms with Gasteiger partial charge in [-0.3, -0.25) is 0 Å². The van der Waals surface area contributed by atoms with Crippen molar-refractivity contribution in [2.24, 2.45) is 0 Å². The Morgan fingerprint density at radius 3 is 2.25 bits per heavy atom. The molecule has 0 bridgehead atoms. The topological polar surface area (TPSA) is 21.3 Å². The lowest BCUT2D eigenvalue weighted by atomic mass is 9.99. The van der Waals surface area contributed by atoms with Gasteiger partial charge in [0.2, 0.25) is 0 Å². The van der Waals surface area contributed by atoms with Crippen molar-refractivity contribution in [2.45, 2.75) is 64.8 Å². The Balaban J connectivity index is 2.48. The van der Waals surface area contributed by atoms with E-state index >= 15 is 0 Å². The zero-order valence-corrected chi connectivity index (χ0v) is 13.5. The summed E-state index contributed by atoms with van der Waals surface area (Å²) >= 11 is 0. The summed E-state index contributed by atoms with van der Waals surface area (Å²) in [5.41, 5.74) is 1.38. The summed E-state index contributed by atoms with van der Waals surface area (Å²) in [6.45, 7) is 5.58. The molecule has 1 N–H and O–H groups in total. The van der Waals surface area contributed by atoms with Gasteiger partial charge in [-0.15, -0.1) is 0 Å². The highest BCUT2D eigenvalue weighted by Crippen LogP contribution is 2.22. The smallest absolute Gasteiger partial charge is 0.118 e. The highest BCUT2D eigenvalue weighted by molar-refractivity contribution is 5.29. The van der Waals surface area contributed by atoms with Gasteiger partial charge in [-0.25, -0.2) is 0 Å². The number of nitrogens with one attached hydrogen (secondary N) is 1. The minimum Gasteiger partial charge on any atom is -0.497 e. The molecule has 0 heterocycles. The summed E-state index contributed by atoms with van der Waals surface area (Å²) in [5, 5.41) is 3.67. The van der Waals surface area contributed by atoms with E-state index in [2.05, 4.69) is 43.4 Å². The van der Waals surface area contributed by atoms with Crippen LogP contribution in [0, 0.1) is 0 Å². The van der Waals surface area contributed by atoms with Crippen molar-refractivity contribution in [3.8, 4) is 5.75 Å². The predicted octanol–water partition coefficient (Wildman–Crippen LogP) is 5.10. The quantitative estimate of drug-likeness (QED) is 0.568. The van der Waals surface area contributed by atoms with E-state index in [-0.39, 0.29) is 0 Å². The Kier molecular flexibility index (Phi) is 9.14. The SMILES string of the molecule is CCCCCCCC(NCCC)c1ccc(OC)cc1. The predicted molar refractivity (Wildman–Crippen MR) is 87.4 cm³/mol. The van der Waals surface area contributed by atoms with Gasteiger partial charge >= 0.3 is 0 Å². The Morgan fingerprint density at radius 2 is 1.65 bits per heavy atom. The first-order chi connectivity index (χ1) is 9.81. The zero-order valence-electron chi connectivity index (χ0n) is 13.5.